The first-order valence-electron chi connectivity index (χ1n) is 10.5. The molecule has 5 heteroatoms. The molecule has 4 aliphatic rings. The van der Waals surface area contributed by atoms with Crippen LogP contribution in [0.3, 0.4) is 0 Å². The van der Waals surface area contributed by atoms with Gasteiger partial charge in [-0.05, 0) is 53.0 Å². The summed E-state index contributed by atoms with van der Waals surface area (Å²) in [5, 5.41) is 7.41. The number of carbonyl (C=O) groups excluding carboxylic acids is 1. The molecule has 0 radical (unpaired) electrons. The molecular formula is C22H33N3OS. The zero-order valence-corrected chi connectivity index (χ0v) is 17.8. The van der Waals surface area contributed by atoms with E-state index in [1.165, 1.54) is 5.56 Å². The maximum atomic E-state index is 13.5. The lowest BCUT2D eigenvalue weighted by Gasteiger charge is -2.51. The molecule has 1 aromatic heterocycles. The van der Waals surface area contributed by atoms with E-state index in [4.69, 9.17) is 4.99 Å². The average molecular weight is 388 g/mol. The largest absolute Gasteiger partial charge is 0.350 e. The monoisotopic (exact) mass is 387 g/mol. The highest BCUT2D eigenvalue weighted by Crippen LogP contribution is 2.54. The van der Waals surface area contributed by atoms with E-state index in [2.05, 4.69) is 61.0 Å². The van der Waals surface area contributed by atoms with Gasteiger partial charge in [0.05, 0.1) is 0 Å². The van der Waals surface area contributed by atoms with Crippen molar-refractivity contribution < 1.29 is 4.79 Å². The van der Waals surface area contributed by atoms with Gasteiger partial charge >= 0.3 is 0 Å². The average Bonchev–Trinajstić information content (AvgIpc) is 3.22. The molecule has 1 saturated carbocycles. The third-order valence-electron chi connectivity index (χ3n) is 6.66. The van der Waals surface area contributed by atoms with Gasteiger partial charge in [0.1, 0.15) is 5.54 Å². The molecule has 27 heavy (non-hydrogen) atoms. The van der Waals surface area contributed by atoms with Crippen molar-refractivity contribution in [3.05, 3.63) is 22.4 Å². The van der Waals surface area contributed by atoms with Crippen molar-refractivity contribution in [2.75, 3.05) is 13.1 Å². The van der Waals surface area contributed by atoms with Crippen molar-refractivity contribution in [2.24, 2.45) is 34.6 Å². The normalized spacial score (nSPS) is 34.7. The lowest BCUT2D eigenvalue weighted by molar-refractivity contribution is -0.132. The first-order valence-corrected chi connectivity index (χ1v) is 11.4. The van der Waals surface area contributed by atoms with Gasteiger partial charge in [0.25, 0.3) is 0 Å². The third-order valence-corrected chi connectivity index (χ3v) is 7.39. The molecule has 0 aromatic carbocycles. The molecule has 1 aromatic rings. The molecule has 4 nitrogen and oxygen atoms in total. The summed E-state index contributed by atoms with van der Waals surface area (Å²) < 4.78 is 0. The van der Waals surface area contributed by atoms with Crippen molar-refractivity contribution >= 4 is 23.5 Å². The number of nitrogens with one attached hydrogen (secondary N) is 1. The molecule has 0 unspecified atom stereocenters. The second-order valence-corrected chi connectivity index (χ2v) is 10.4. The second-order valence-electron chi connectivity index (χ2n) is 9.63. The van der Waals surface area contributed by atoms with Crippen LogP contribution in [0.15, 0.2) is 21.8 Å². The number of hydrogen-bond acceptors (Lipinski definition) is 4. The lowest BCUT2D eigenvalue weighted by atomic mass is 9.59. The van der Waals surface area contributed by atoms with E-state index >= 15 is 0 Å². The Labute approximate surface area is 167 Å². The van der Waals surface area contributed by atoms with E-state index in [9.17, 15) is 4.79 Å². The maximum Gasteiger partial charge on any atom is 0.248 e. The van der Waals surface area contributed by atoms with Crippen molar-refractivity contribution in [1.29, 1.82) is 0 Å². The maximum absolute atomic E-state index is 13.5. The van der Waals surface area contributed by atoms with Crippen LogP contribution in [0.25, 0.3) is 0 Å². The van der Waals surface area contributed by atoms with Gasteiger partial charge in [-0.2, -0.15) is 11.3 Å². The quantitative estimate of drug-likeness (QED) is 0.773. The highest BCUT2D eigenvalue weighted by Gasteiger charge is 2.63. The van der Waals surface area contributed by atoms with Crippen LogP contribution in [0.1, 0.15) is 46.1 Å². The Kier molecular flexibility index (Phi) is 5.19. The van der Waals surface area contributed by atoms with Crippen molar-refractivity contribution in [1.82, 2.24) is 10.2 Å². The van der Waals surface area contributed by atoms with E-state index in [-0.39, 0.29) is 5.91 Å². The number of nitrogens with zero attached hydrogens (tertiary/aromatic N) is 2. The van der Waals surface area contributed by atoms with Gasteiger partial charge < -0.3 is 5.32 Å². The molecule has 2 fully saturated rings. The summed E-state index contributed by atoms with van der Waals surface area (Å²) in [7, 11) is 0. The first kappa shape index (κ1) is 19.1. The molecule has 1 aliphatic carbocycles. The van der Waals surface area contributed by atoms with E-state index in [0.717, 1.165) is 25.9 Å². The number of hydrogen-bond donors (Lipinski definition) is 1. The predicted octanol–water partition coefficient (Wildman–Crippen LogP) is 3.83. The molecule has 4 bridgehead atoms. The van der Waals surface area contributed by atoms with E-state index in [1.54, 1.807) is 11.3 Å². The first-order chi connectivity index (χ1) is 12.9. The van der Waals surface area contributed by atoms with E-state index < -0.39 is 5.54 Å². The molecule has 3 aliphatic heterocycles. The fourth-order valence-corrected chi connectivity index (χ4v) is 6.43. The Morgan fingerprint density at radius 3 is 2.85 bits per heavy atom. The number of amides is 1. The second kappa shape index (κ2) is 7.32. The SMILES string of the molecule is CC(C)C[C@H]1[C@@H]2[C@@H]3C=N[C@@]1(C(=O)NCc1ccsc1)C[C@@H]3CN2CC(C)C. The zero-order valence-electron chi connectivity index (χ0n) is 17.0. The predicted molar refractivity (Wildman–Crippen MR) is 112 cm³/mol. The van der Waals surface area contributed by atoms with E-state index in [1.807, 2.05) is 0 Å². The number of aliphatic imine (C=N–C) groups is 1. The molecule has 1 amide bonds. The van der Waals surface area contributed by atoms with Gasteiger partial charge in [-0.1, -0.05) is 27.7 Å². The summed E-state index contributed by atoms with van der Waals surface area (Å²) in [6, 6.07) is 2.57. The van der Waals surface area contributed by atoms with Crippen LogP contribution in [-0.4, -0.2) is 41.7 Å². The van der Waals surface area contributed by atoms with Gasteiger partial charge in [0.15, 0.2) is 0 Å². The lowest BCUT2D eigenvalue weighted by Crippen LogP contribution is -2.63. The van der Waals surface area contributed by atoms with Crippen LogP contribution < -0.4 is 5.32 Å². The summed E-state index contributed by atoms with van der Waals surface area (Å²) >= 11 is 1.68. The van der Waals surface area contributed by atoms with Crippen LogP contribution in [0.4, 0.5) is 0 Å². The van der Waals surface area contributed by atoms with Crippen molar-refractivity contribution in [2.45, 2.75) is 58.7 Å². The highest BCUT2D eigenvalue weighted by atomic mass is 32.1. The summed E-state index contributed by atoms with van der Waals surface area (Å²) in [5.41, 5.74) is 0.624. The Morgan fingerprint density at radius 1 is 1.37 bits per heavy atom. The smallest absolute Gasteiger partial charge is 0.248 e. The molecular weight excluding hydrogens is 354 g/mol. The molecule has 0 spiro atoms. The Morgan fingerprint density at radius 2 is 2.19 bits per heavy atom. The molecule has 5 rings (SSSR count). The van der Waals surface area contributed by atoms with Crippen LogP contribution in [0, 0.1) is 29.6 Å². The highest BCUT2D eigenvalue weighted by molar-refractivity contribution is 7.07. The zero-order chi connectivity index (χ0) is 19.2. The molecule has 5 atom stereocenters. The molecule has 1 saturated heterocycles. The number of carbonyl (C=O) groups is 1. The van der Waals surface area contributed by atoms with Gasteiger partial charge in [0.2, 0.25) is 5.91 Å². The van der Waals surface area contributed by atoms with Gasteiger partial charge in [-0.25, -0.2) is 0 Å². The van der Waals surface area contributed by atoms with Gasteiger partial charge in [0, 0.05) is 43.7 Å². The minimum absolute atomic E-state index is 0.148. The fraction of sp³-hybridized carbons (Fsp3) is 0.727. The molecule has 148 valence electrons. The molecule has 1 N–H and O–H groups in total. The third kappa shape index (κ3) is 3.38. The summed E-state index contributed by atoms with van der Waals surface area (Å²) in [6.45, 7) is 12.0. The minimum Gasteiger partial charge on any atom is -0.350 e. The van der Waals surface area contributed by atoms with Gasteiger partial charge in [-0.3, -0.25) is 14.7 Å². The van der Waals surface area contributed by atoms with Crippen LogP contribution in [0.5, 0.6) is 0 Å². The van der Waals surface area contributed by atoms with Crippen molar-refractivity contribution in [3.8, 4) is 0 Å². The summed E-state index contributed by atoms with van der Waals surface area (Å²) in [6.07, 6.45) is 4.15. The van der Waals surface area contributed by atoms with Crippen LogP contribution in [0.2, 0.25) is 0 Å². The molecule has 4 heterocycles. The number of likely N-dealkylation sites (tertiary alicyclic amines) is 1. The minimum atomic E-state index is -0.559. The van der Waals surface area contributed by atoms with Crippen LogP contribution >= 0.6 is 11.3 Å². The Bertz CT molecular complexity index is 698. The standard InChI is InChI=1S/C22H33N3OS/c1-14(2)7-19-20-18-10-24-22(19,8-17(18)12-25(20)11-15(3)4)21(26)23-9-16-5-6-27-13-16/h5-6,10,13-15,17-20H,7-9,11-12H2,1-4H3,(H,23,26)/t17-,18-,19+,20+,22+/m1/s1. The van der Waals surface area contributed by atoms with E-state index in [0.29, 0.717) is 42.2 Å². The van der Waals surface area contributed by atoms with Crippen LogP contribution in [-0.2, 0) is 11.3 Å². The summed E-state index contributed by atoms with van der Waals surface area (Å²) in [5.74, 6) is 2.83. The number of thiophene rings is 1. The Hall–Kier alpha value is -1.20. The van der Waals surface area contributed by atoms with Crippen molar-refractivity contribution in [3.63, 3.8) is 0 Å². The van der Waals surface area contributed by atoms with Gasteiger partial charge in [-0.15, -0.1) is 0 Å². The number of rotatable bonds is 7. The fourth-order valence-electron chi connectivity index (χ4n) is 5.76. The summed E-state index contributed by atoms with van der Waals surface area (Å²) in [4.78, 5) is 21.1. The topological polar surface area (TPSA) is 44.7 Å². The Balaban J connectivity index is 1.61.